The second-order valence-electron chi connectivity index (χ2n) is 5.18. The van der Waals surface area contributed by atoms with Gasteiger partial charge in [-0.2, -0.15) is 0 Å². The Morgan fingerprint density at radius 3 is 2.48 bits per heavy atom. The lowest BCUT2D eigenvalue weighted by atomic mass is 10.2. The third kappa shape index (κ3) is 4.21. The van der Waals surface area contributed by atoms with Crippen LogP contribution in [0.5, 0.6) is 0 Å². The predicted octanol–water partition coefficient (Wildman–Crippen LogP) is -0.0142. The Hall–Kier alpha value is -1.06. The molecule has 8 heteroatoms. The summed E-state index contributed by atoms with van der Waals surface area (Å²) in [5.41, 5.74) is 0.702. The molecule has 1 aromatic carbocycles. The highest BCUT2D eigenvalue weighted by Gasteiger charge is 2.24. The van der Waals surface area contributed by atoms with Crippen molar-refractivity contribution in [3.63, 3.8) is 0 Å². The minimum absolute atomic E-state index is 0.318. The Kier molecular flexibility index (Phi) is 5.28. The molecule has 0 unspecified atom stereocenters. The van der Waals surface area contributed by atoms with Gasteiger partial charge in [0.05, 0.1) is 0 Å². The topological polar surface area (TPSA) is 64.7 Å². The Balaban J connectivity index is 2.12. The molecule has 0 aliphatic carbocycles. The summed E-state index contributed by atoms with van der Waals surface area (Å²) in [6.45, 7) is 3.19. The number of piperazine rings is 1. The van der Waals surface area contributed by atoms with Crippen molar-refractivity contribution in [2.24, 2.45) is 0 Å². The van der Waals surface area contributed by atoms with E-state index in [0.29, 0.717) is 25.2 Å². The van der Waals surface area contributed by atoms with Crippen molar-refractivity contribution in [1.82, 2.24) is 20.1 Å². The molecule has 0 atom stereocenters. The van der Waals surface area contributed by atoms with Gasteiger partial charge in [-0.05, 0) is 31.8 Å². The van der Waals surface area contributed by atoms with Gasteiger partial charge >= 0.3 is 0 Å². The molecule has 0 radical (unpaired) electrons. The van der Waals surface area contributed by atoms with E-state index in [1.54, 1.807) is 18.1 Å². The van der Waals surface area contributed by atoms with Gasteiger partial charge in [0.25, 0.3) is 10.0 Å². The first kappa shape index (κ1) is 16.3. The third-order valence-corrected chi connectivity index (χ3v) is 4.83. The van der Waals surface area contributed by atoms with Crippen LogP contribution in [-0.4, -0.2) is 58.6 Å². The summed E-state index contributed by atoms with van der Waals surface area (Å²) in [5.74, 6) is -0.732. The highest BCUT2D eigenvalue weighted by molar-refractivity contribution is 7.89. The van der Waals surface area contributed by atoms with Crippen molar-refractivity contribution in [1.29, 1.82) is 0 Å². The first-order valence-corrected chi connectivity index (χ1v) is 8.29. The van der Waals surface area contributed by atoms with Crippen molar-refractivity contribution in [3.05, 3.63) is 29.6 Å². The van der Waals surface area contributed by atoms with Crippen LogP contribution < -0.4 is 10.1 Å². The van der Waals surface area contributed by atoms with Crippen LogP contribution in [0.3, 0.4) is 0 Å². The number of benzene rings is 1. The normalized spacial score (nSPS) is 18.0. The molecular weight excluding hydrogens is 295 g/mol. The summed E-state index contributed by atoms with van der Waals surface area (Å²) < 4.78 is 38.5. The molecule has 1 fully saturated rings. The largest absolute Gasteiger partial charge is 0.316 e. The number of likely N-dealkylation sites (N-methyl/N-ethyl adjacent to an activating group) is 1. The maximum absolute atomic E-state index is 14.0. The first-order chi connectivity index (χ1) is 9.92. The molecular formula is C13H21FN4O2S. The Bertz CT molecular complexity index is 586. The van der Waals surface area contributed by atoms with E-state index < -0.39 is 15.8 Å². The number of halogens is 1. The quantitative estimate of drug-likeness (QED) is 0.800. The molecule has 118 valence electrons. The average molecular weight is 316 g/mol. The Morgan fingerprint density at radius 1 is 1.24 bits per heavy atom. The average Bonchev–Trinajstić information content (AvgIpc) is 2.41. The molecule has 0 spiro atoms. The maximum Gasteiger partial charge on any atom is 0.256 e. The van der Waals surface area contributed by atoms with Crippen LogP contribution in [0.1, 0.15) is 5.56 Å². The van der Waals surface area contributed by atoms with Gasteiger partial charge in [-0.25, -0.2) is 17.8 Å². The zero-order chi connectivity index (χ0) is 15.5. The zero-order valence-corrected chi connectivity index (χ0v) is 13.1. The number of hydrazine groups is 1. The molecule has 1 saturated heterocycles. The molecule has 1 aliphatic heterocycles. The van der Waals surface area contributed by atoms with Gasteiger partial charge < -0.3 is 10.2 Å². The van der Waals surface area contributed by atoms with Crippen LogP contribution in [0.2, 0.25) is 0 Å². The molecule has 0 saturated carbocycles. The van der Waals surface area contributed by atoms with Crippen LogP contribution in [0.15, 0.2) is 23.1 Å². The molecule has 0 amide bonds. The Labute approximate surface area is 124 Å². The number of nitrogens with one attached hydrogen (secondary N) is 2. The molecule has 2 N–H and O–H groups in total. The standard InChI is InChI=1S/C13H21FN4O2S/c1-15-10-11-3-4-13(12(14)9-11)21(19,20)16-18-7-5-17(2)6-8-18/h3-4,9,15-16H,5-8,10H2,1-2H3. The number of sulfonamides is 1. The van der Waals surface area contributed by atoms with E-state index in [1.165, 1.54) is 12.1 Å². The first-order valence-electron chi connectivity index (χ1n) is 6.81. The number of rotatable bonds is 5. The van der Waals surface area contributed by atoms with Crippen LogP contribution in [0.4, 0.5) is 4.39 Å². The minimum atomic E-state index is -3.88. The lowest BCUT2D eigenvalue weighted by molar-refractivity contribution is 0.134. The molecule has 0 aromatic heterocycles. The van der Waals surface area contributed by atoms with Crippen molar-refractivity contribution in [3.8, 4) is 0 Å². The molecule has 6 nitrogen and oxygen atoms in total. The monoisotopic (exact) mass is 316 g/mol. The van der Waals surface area contributed by atoms with E-state index in [4.69, 9.17) is 0 Å². The molecule has 2 rings (SSSR count). The molecule has 1 aromatic rings. The smallest absolute Gasteiger partial charge is 0.256 e. The molecule has 1 heterocycles. The Morgan fingerprint density at radius 2 is 1.90 bits per heavy atom. The minimum Gasteiger partial charge on any atom is -0.316 e. The fourth-order valence-corrected chi connectivity index (χ4v) is 3.38. The van der Waals surface area contributed by atoms with Gasteiger partial charge in [-0.15, -0.1) is 4.83 Å². The van der Waals surface area contributed by atoms with Crippen molar-refractivity contribution >= 4 is 10.0 Å². The van der Waals surface area contributed by atoms with Crippen LogP contribution in [0.25, 0.3) is 0 Å². The van der Waals surface area contributed by atoms with E-state index in [1.807, 2.05) is 7.05 Å². The molecule has 0 bridgehead atoms. The second kappa shape index (κ2) is 6.80. The summed E-state index contributed by atoms with van der Waals surface area (Å²) in [6.07, 6.45) is 0. The van der Waals surface area contributed by atoms with Crippen LogP contribution in [0, 0.1) is 5.82 Å². The van der Waals surface area contributed by atoms with Gasteiger partial charge in [-0.3, -0.25) is 0 Å². The van der Waals surface area contributed by atoms with E-state index in [-0.39, 0.29) is 4.90 Å². The summed E-state index contributed by atoms with van der Waals surface area (Å²) >= 11 is 0. The highest BCUT2D eigenvalue weighted by Crippen LogP contribution is 2.16. The number of hydrogen-bond acceptors (Lipinski definition) is 5. The van der Waals surface area contributed by atoms with Crippen molar-refractivity contribution in [2.75, 3.05) is 40.3 Å². The van der Waals surface area contributed by atoms with E-state index in [9.17, 15) is 12.8 Å². The zero-order valence-electron chi connectivity index (χ0n) is 12.3. The number of nitrogens with zero attached hydrogens (tertiary/aromatic N) is 2. The second-order valence-corrected chi connectivity index (χ2v) is 6.81. The van der Waals surface area contributed by atoms with Gasteiger partial charge in [-0.1, -0.05) is 6.07 Å². The maximum atomic E-state index is 14.0. The summed E-state index contributed by atoms with van der Waals surface area (Å²) in [7, 11) is -0.152. The van der Waals surface area contributed by atoms with Gasteiger partial charge in [0.15, 0.2) is 0 Å². The third-order valence-electron chi connectivity index (χ3n) is 3.42. The lowest BCUT2D eigenvalue weighted by Crippen LogP contribution is -2.52. The van der Waals surface area contributed by atoms with E-state index in [0.717, 1.165) is 13.1 Å². The molecule has 1 aliphatic rings. The van der Waals surface area contributed by atoms with Crippen LogP contribution >= 0.6 is 0 Å². The van der Waals surface area contributed by atoms with Crippen LogP contribution in [-0.2, 0) is 16.6 Å². The fourth-order valence-electron chi connectivity index (χ4n) is 2.19. The van der Waals surface area contributed by atoms with E-state index >= 15 is 0 Å². The summed E-state index contributed by atoms with van der Waals surface area (Å²) in [4.78, 5) is 4.24. The SMILES string of the molecule is CNCc1ccc(S(=O)(=O)NN2CCN(C)CC2)c(F)c1. The predicted molar refractivity (Wildman–Crippen MR) is 78.6 cm³/mol. The fraction of sp³-hybridized carbons (Fsp3) is 0.538. The molecule has 21 heavy (non-hydrogen) atoms. The van der Waals surface area contributed by atoms with Gasteiger partial charge in [0, 0.05) is 32.7 Å². The van der Waals surface area contributed by atoms with E-state index in [2.05, 4.69) is 15.0 Å². The van der Waals surface area contributed by atoms with Crippen molar-refractivity contribution in [2.45, 2.75) is 11.4 Å². The summed E-state index contributed by atoms with van der Waals surface area (Å²) in [6, 6.07) is 4.16. The highest BCUT2D eigenvalue weighted by atomic mass is 32.2. The summed E-state index contributed by atoms with van der Waals surface area (Å²) in [5, 5.41) is 4.50. The lowest BCUT2D eigenvalue weighted by Gasteiger charge is -2.32. The van der Waals surface area contributed by atoms with Crippen molar-refractivity contribution < 1.29 is 12.8 Å². The van der Waals surface area contributed by atoms with Gasteiger partial charge in [0.2, 0.25) is 0 Å². The van der Waals surface area contributed by atoms with Gasteiger partial charge in [0.1, 0.15) is 10.7 Å². The number of hydrogen-bond donors (Lipinski definition) is 2.